The zero-order valence-electron chi connectivity index (χ0n) is 20.8. The van der Waals surface area contributed by atoms with Crippen molar-refractivity contribution in [3.8, 4) is 28.6 Å². The lowest BCUT2D eigenvalue weighted by Gasteiger charge is -2.17. The van der Waals surface area contributed by atoms with E-state index in [1.165, 1.54) is 0 Å². The lowest BCUT2D eigenvalue weighted by Crippen LogP contribution is -2.36. The van der Waals surface area contributed by atoms with Gasteiger partial charge in [0.15, 0.2) is 0 Å². The molecule has 3 aromatic rings. The molecule has 0 spiro atoms. The molecule has 10 nitrogen and oxygen atoms in total. The van der Waals surface area contributed by atoms with Gasteiger partial charge in [-0.3, -0.25) is 4.79 Å². The Morgan fingerprint density at radius 1 is 1.20 bits per heavy atom. The summed E-state index contributed by atoms with van der Waals surface area (Å²) < 4.78 is 11.4. The maximum absolute atomic E-state index is 11.1. The minimum atomic E-state index is -0.908. The molecule has 1 unspecified atom stereocenters. The third kappa shape index (κ3) is 6.34. The van der Waals surface area contributed by atoms with Crippen LogP contribution < -0.4 is 15.0 Å². The number of anilines is 1. The molecule has 188 valence electrons. The molecule has 2 heterocycles. The molecule has 10 heteroatoms. The van der Waals surface area contributed by atoms with E-state index in [9.17, 15) is 9.90 Å². The number of rotatable bonds is 11. The van der Waals surface area contributed by atoms with Crippen LogP contribution in [0.3, 0.4) is 0 Å². The minimum absolute atomic E-state index is 0.000813. The lowest BCUT2D eigenvalue weighted by molar-refractivity contribution is -0.124. The summed E-state index contributed by atoms with van der Waals surface area (Å²) in [5, 5.41) is 25.4. The van der Waals surface area contributed by atoms with Crippen molar-refractivity contribution >= 4 is 11.7 Å². The van der Waals surface area contributed by atoms with Gasteiger partial charge in [0.05, 0.1) is 5.56 Å². The van der Waals surface area contributed by atoms with Crippen LogP contribution in [0.1, 0.15) is 30.5 Å². The Labute approximate surface area is 205 Å². The Hall–Kier alpha value is -3.50. The lowest BCUT2D eigenvalue weighted by atomic mass is 10.0. The summed E-state index contributed by atoms with van der Waals surface area (Å²) in [6.07, 6.45) is 1.52. The fraction of sp³-hybridized carbons (Fsp3) is 0.440. The first-order chi connectivity index (χ1) is 16.8. The van der Waals surface area contributed by atoms with Crippen LogP contribution in [0.25, 0.3) is 22.8 Å². The molecule has 1 aromatic carbocycles. The predicted octanol–water partition coefficient (Wildman–Crippen LogP) is 2.28. The number of ether oxygens (including phenoxy) is 1. The Bertz CT molecular complexity index is 1160. The van der Waals surface area contributed by atoms with Gasteiger partial charge in [-0.05, 0) is 62.1 Å². The summed E-state index contributed by atoms with van der Waals surface area (Å²) >= 11 is 0. The molecule has 35 heavy (non-hydrogen) atoms. The van der Waals surface area contributed by atoms with Gasteiger partial charge in [-0.25, -0.2) is 4.98 Å². The number of aryl methyl sites for hydroxylation is 3. The summed E-state index contributed by atoms with van der Waals surface area (Å²) in [5.41, 5.74) is 4.37. The number of aliphatic hydroxyl groups excluding tert-OH is 2. The van der Waals surface area contributed by atoms with E-state index in [0.717, 1.165) is 40.2 Å². The van der Waals surface area contributed by atoms with Crippen molar-refractivity contribution in [3.63, 3.8) is 0 Å². The molecule has 0 saturated heterocycles. The molecular weight excluding hydrogens is 450 g/mol. The Morgan fingerprint density at radius 2 is 1.94 bits per heavy atom. The van der Waals surface area contributed by atoms with Crippen LogP contribution >= 0.6 is 0 Å². The Balaban J connectivity index is 1.77. The minimum Gasteiger partial charge on any atom is -0.490 e. The van der Waals surface area contributed by atoms with Crippen molar-refractivity contribution in [1.29, 1.82) is 0 Å². The van der Waals surface area contributed by atoms with E-state index in [0.29, 0.717) is 23.9 Å². The van der Waals surface area contributed by atoms with Gasteiger partial charge in [-0.2, -0.15) is 4.98 Å². The smallest absolute Gasteiger partial charge is 0.259 e. The van der Waals surface area contributed by atoms with E-state index < -0.39 is 18.6 Å². The predicted molar refractivity (Wildman–Crippen MR) is 132 cm³/mol. The highest BCUT2D eigenvalue weighted by Crippen LogP contribution is 2.31. The SMILES string of the molecule is CCc1cc(-c2noc(-c3cnc(N(C)CC)c(C)c3)n2)cc(C)c1OCC(O)CNC(=O)CO. The van der Waals surface area contributed by atoms with E-state index >= 15 is 0 Å². The number of amides is 1. The number of pyridine rings is 1. The molecule has 1 amide bonds. The monoisotopic (exact) mass is 483 g/mol. The van der Waals surface area contributed by atoms with Crippen molar-refractivity contribution in [2.45, 2.75) is 40.2 Å². The molecule has 0 fully saturated rings. The van der Waals surface area contributed by atoms with Crippen molar-refractivity contribution in [3.05, 3.63) is 41.1 Å². The van der Waals surface area contributed by atoms with Gasteiger partial charge in [-0.15, -0.1) is 0 Å². The number of benzene rings is 1. The van der Waals surface area contributed by atoms with Gasteiger partial charge in [0.2, 0.25) is 11.7 Å². The highest BCUT2D eigenvalue weighted by Gasteiger charge is 2.17. The summed E-state index contributed by atoms with van der Waals surface area (Å²) in [7, 11) is 2.00. The maximum atomic E-state index is 11.1. The van der Waals surface area contributed by atoms with E-state index in [1.54, 1.807) is 6.20 Å². The first-order valence-electron chi connectivity index (χ1n) is 11.6. The van der Waals surface area contributed by atoms with Crippen LogP contribution in [0, 0.1) is 13.8 Å². The van der Waals surface area contributed by atoms with Gasteiger partial charge >= 0.3 is 0 Å². The standard InChI is InChI=1S/C25H33N5O5/c1-6-17-10-18(8-15(3)22(17)34-14-20(32)12-26-21(33)13-31)23-28-25(35-29-23)19-9-16(4)24(27-11-19)30(5)7-2/h8-11,20,31-32H,6-7,12-14H2,1-5H3,(H,26,33). The van der Waals surface area contributed by atoms with Crippen molar-refractivity contribution < 1.29 is 24.3 Å². The van der Waals surface area contributed by atoms with Crippen LogP contribution in [0.15, 0.2) is 28.9 Å². The van der Waals surface area contributed by atoms with Crippen LogP contribution in [0.2, 0.25) is 0 Å². The molecule has 0 aliphatic carbocycles. The number of carbonyl (C=O) groups is 1. The maximum Gasteiger partial charge on any atom is 0.259 e. The fourth-order valence-electron chi connectivity index (χ4n) is 3.66. The van der Waals surface area contributed by atoms with Crippen molar-refractivity contribution in [2.24, 2.45) is 0 Å². The van der Waals surface area contributed by atoms with Gasteiger partial charge in [0.25, 0.3) is 5.89 Å². The average molecular weight is 484 g/mol. The quantitative estimate of drug-likeness (QED) is 0.375. The molecule has 1 atom stereocenters. The van der Waals surface area contributed by atoms with Crippen LogP contribution in [-0.4, -0.2) is 70.7 Å². The normalized spacial score (nSPS) is 11.9. The Morgan fingerprint density at radius 3 is 2.60 bits per heavy atom. The number of hydrogen-bond acceptors (Lipinski definition) is 9. The zero-order valence-corrected chi connectivity index (χ0v) is 20.8. The number of aliphatic hydroxyl groups is 2. The number of aromatic nitrogens is 3. The summed E-state index contributed by atoms with van der Waals surface area (Å²) in [4.78, 5) is 22.3. The van der Waals surface area contributed by atoms with Gasteiger partial charge in [0.1, 0.15) is 30.9 Å². The van der Waals surface area contributed by atoms with Gasteiger partial charge in [-0.1, -0.05) is 12.1 Å². The zero-order chi connectivity index (χ0) is 25.5. The fourth-order valence-corrected chi connectivity index (χ4v) is 3.66. The third-order valence-corrected chi connectivity index (χ3v) is 5.65. The first-order valence-corrected chi connectivity index (χ1v) is 11.6. The average Bonchev–Trinajstić information content (AvgIpc) is 3.36. The second-order valence-electron chi connectivity index (χ2n) is 8.36. The van der Waals surface area contributed by atoms with Crippen LogP contribution in [0.5, 0.6) is 5.75 Å². The highest BCUT2D eigenvalue weighted by atomic mass is 16.5. The van der Waals surface area contributed by atoms with Crippen molar-refractivity contribution in [1.82, 2.24) is 20.4 Å². The van der Waals surface area contributed by atoms with Crippen LogP contribution in [0.4, 0.5) is 5.82 Å². The number of nitrogens with zero attached hydrogens (tertiary/aromatic N) is 4. The number of hydrogen-bond donors (Lipinski definition) is 3. The molecule has 0 aliphatic rings. The molecular formula is C25H33N5O5. The Kier molecular flexibility index (Phi) is 8.78. The second-order valence-corrected chi connectivity index (χ2v) is 8.36. The summed E-state index contributed by atoms with van der Waals surface area (Å²) in [6.45, 7) is 8.22. The molecule has 2 aromatic heterocycles. The van der Waals surface area contributed by atoms with E-state index in [2.05, 4.69) is 32.3 Å². The van der Waals surface area contributed by atoms with Crippen molar-refractivity contribution in [2.75, 3.05) is 38.3 Å². The molecule has 3 N–H and O–H groups in total. The summed E-state index contributed by atoms with van der Waals surface area (Å²) in [6, 6.07) is 5.84. The largest absolute Gasteiger partial charge is 0.490 e. The summed E-state index contributed by atoms with van der Waals surface area (Å²) in [5.74, 6) is 1.89. The molecule has 0 bridgehead atoms. The highest BCUT2D eigenvalue weighted by molar-refractivity contribution is 5.76. The molecule has 0 saturated carbocycles. The van der Waals surface area contributed by atoms with Crippen LogP contribution in [-0.2, 0) is 11.2 Å². The molecule has 0 aliphatic heterocycles. The van der Waals surface area contributed by atoms with E-state index in [4.69, 9.17) is 14.4 Å². The second kappa shape index (κ2) is 11.8. The topological polar surface area (TPSA) is 134 Å². The number of carbonyl (C=O) groups excluding carboxylic acids is 1. The molecule has 3 rings (SSSR count). The van der Waals surface area contributed by atoms with Gasteiger partial charge < -0.3 is 29.7 Å². The third-order valence-electron chi connectivity index (χ3n) is 5.65. The molecule has 0 radical (unpaired) electrons. The van der Waals surface area contributed by atoms with Gasteiger partial charge in [0, 0.05) is 31.9 Å². The van der Waals surface area contributed by atoms with E-state index in [-0.39, 0.29) is 13.2 Å². The van der Waals surface area contributed by atoms with E-state index in [1.807, 2.05) is 46.0 Å². The number of nitrogens with one attached hydrogen (secondary N) is 1. The first kappa shape index (κ1) is 26.1.